The van der Waals surface area contributed by atoms with Crippen LogP contribution in [0.1, 0.15) is 16.8 Å². The summed E-state index contributed by atoms with van der Waals surface area (Å²) < 4.78 is 23.5. The lowest BCUT2D eigenvalue weighted by Crippen LogP contribution is -2.12. The number of aromatic nitrogens is 1. The molecule has 4 rings (SSSR count). The molecule has 4 N–H and O–H groups in total. The van der Waals surface area contributed by atoms with Gasteiger partial charge in [0.25, 0.3) is 5.91 Å². The Kier molecular flexibility index (Phi) is 3.75. The minimum Gasteiger partial charge on any atom is -0.361 e. The lowest BCUT2D eigenvalue weighted by atomic mass is 9.93. The molecule has 0 atom stereocenters. The van der Waals surface area contributed by atoms with Crippen molar-refractivity contribution in [1.29, 1.82) is 0 Å². The van der Waals surface area contributed by atoms with Crippen molar-refractivity contribution in [2.75, 3.05) is 5.32 Å². The number of H-pyrrole nitrogens is 1. The normalized spacial score (nSPS) is 15.5. The number of hydrogen-bond donors (Lipinski definition) is 3. The highest BCUT2D eigenvalue weighted by atomic mass is 32.2. The number of anilines is 1. The molecule has 6 nitrogen and oxygen atoms in total. The quantitative estimate of drug-likeness (QED) is 0.621. The van der Waals surface area contributed by atoms with Gasteiger partial charge in [0.2, 0.25) is 10.0 Å². The fourth-order valence-electron chi connectivity index (χ4n) is 3.10. The fourth-order valence-corrected chi connectivity index (χ4v) is 3.64. The summed E-state index contributed by atoms with van der Waals surface area (Å²) in [6.07, 6.45) is 1.77. The molecule has 1 amide bonds. The van der Waals surface area contributed by atoms with Crippen molar-refractivity contribution in [2.24, 2.45) is 5.14 Å². The number of hydrogen-bond acceptors (Lipinski definition) is 3. The van der Waals surface area contributed by atoms with Crippen LogP contribution in [0.4, 0.5) is 5.69 Å². The summed E-state index contributed by atoms with van der Waals surface area (Å²) >= 11 is 0. The van der Waals surface area contributed by atoms with Crippen molar-refractivity contribution in [2.45, 2.75) is 4.90 Å². The van der Waals surface area contributed by atoms with E-state index in [4.69, 9.17) is 5.14 Å². The van der Waals surface area contributed by atoms with Gasteiger partial charge in [-0.15, -0.1) is 0 Å². The molecule has 26 heavy (non-hydrogen) atoms. The highest BCUT2D eigenvalue weighted by Crippen LogP contribution is 2.40. The van der Waals surface area contributed by atoms with Crippen LogP contribution in [0.25, 0.3) is 11.1 Å². The number of fused-ring (bicyclic) bond motifs is 1. The Hall–Kier alpha value is -3.16. The van der Waals surface area contributed by atoms with Gasteiger partial charge < -0.3 is 10.3 Å². The number of primary sulfonamides is 1. The predicted octanol–water partition coefficient (Wildman–Crippen LogP) is 2.57. The average molecular weight is 365 g/mol. The second kappa shape index (κ2) is 5.98. The van der Waals surface area contributed by atoms with Crippen LogP contribution in [0.2, 0.25) is 0 Å². The van der Waals surface area contributed by atoms with Gasteiger partial charge >= 0.3 is 0 Å². The molecule has 2 heterocycles. The van der Waals surface area contributed by atoms with E-state index < -0.39 is 10.0 Å². The highest BCUT2D eigenvalue weighted by Gasteiger charge is 2.30. The van der Waals surface area contributed by atoms with E-state index in [1.54, 1.807) is 12.3 Å². The minimum absolute atomic E-state index is 0.0378. The maximum absolute atomic E-state index is 12.7. The summed E-state index contributed by atoms with van der Waals surface area (Å²) in [6.45, 7) is 0. The first-order valence-corrected chi connectivity index (χ1v) is 9.42. The van der Waals surface area contributed by atoms with Crippen molar-refractivity contribution in [3.63, 3.8) is 0 Å². The smallest absolute Gasteiger partial charge is 0.257 e. The van der Waals surface area contributed by atoms with Gasteiger partial charge in [0.15, 0.2) is 0 Å². The number of nitrogens with two attached hydrogens (primary N) is 1. The van der Waals surface area contributed by atoms with Crippen LogP contribution in [0.15, 0.2) is 71.8 Å². The third-order valence-corrected chi connectivity index (χ3v) is 5.15. The lowest BCUT2D eigenvalue weighted by molar-refractivity contribution is -0.110. The first kappa shape index (κ1) is 16.3. The molecule has 0 saturated heterocycles. The van der Waals surface area contributed by atoms with Crippen LogP contribution in [0, 0.1) is 0 Å². The van der Waals surface area contributed by atoms with Gasteiger partial charge in [0, 0.05) is 28.7 Å². The van der Waals surface area contributed by atoms with E-state index in [-0.39, 0.29) is 10.8 Å². The molecule has 3 aromatic rings. The number of carbonyl (C=O) groups excluding carboxylic acids is 1. The third kappa shape index (κ3) is 2.73. The van der Waals surface area contributed by atoms with Gasteiger partial charge in [-0.2, -0.15) is 0 Å². The zero-order valence-corrected chi connectivity index (χ0v) is 14.4. The topological polar surface area (TPSA) is 105 Å². The molecular weight excluding hydrogens is 350 g/mol. The molecule has 1 aliphatic heterocycles. The highest BCUT2D eigenvalue weighted by molar-refractivity contribution is 7.89. The van der Waals surface area contributed by atoms with Gasteiger partial charge in [-0.3, -0.25) is 4.79 Å². The van der Waals surface area contributed by atoms with E-state index >= 15 is 0 Å². The average Bonchev–Trinajstić information content (AvgIpc) is 3.24. The lowest BCUT2D eigenvalue weighted by Gasteiger charge is -2.11. The molecule has 1 aromatic heterocycles. The molecule has 0 bridgehead atoms. The van der Waals surface area contributed by atoms with E-state index in [1.165, 1.54) is 12.1 Å². The van der Waals surface area contributed by atoms with E-state index in [1.807, 2.05) is 42.5 Å². The minimum atomic E-state index is -3.88. The first-order chi connectivity index (χ1) is 12.4. The van der Waals surface area contributed by atoms with Crippen LogP contribution < -0.4 is 10.5 Å². The second-order valence-electron chi connectivity index (χ2n) is 5.91. The van der Waals surface area contributed by atoms with Crippen molar-refractivity contribution < 1.29 is 13.2 Å². The number of nitrogens with one attached hydrogen (secondary N) is 2. The van der Waals surface area contributed by atoms with E-state index in [9.17, 15) is 13.2 Å². The molecular formula is C19H15N3O3S. The number of sulfonamides is 1. The zero-order valence-electron chi connectivity index (χ0n) is 13.6. The Morgan fingerprint density at radius 1 is 0.962 bits per heavy atom. The Morgan fingerprint density at radius 3 is 2.38 bits per heavy atom. The van der Waals surface area contributed by atoms with Crippen molar-refractivity contribution in [3.8, 4) is 0 Å². The Balaban J connectivity index is 2.05. The Morgan fingerprint density at radius 2 is 1.73 bits per heavy atom. The molecule has 1 aliphatic rings. The summed E-state index contributed by atoms with van der Waals surface area (Å²) in [4.78, 5) is 15.8. The van der Waals surface area contributed by atoms with E-state index in [0.29, 0.717) is 22.4 Å². The molecule has 0 unspecified atom stereocenters. The molecule has 130 valence electrons. The second-order valence-corrected chi connectivity index (χ2v) is 7.47. The number of rotatable bonds is 3. The van der Waals surface area contributed by atoms with Crippen LogP contribution in [-0.2, 0) is 14.8 Å². The first-order valence-electron chi connectivity index (χ1n) is 7.87. The Bertz CT molecular complexity index is 1130. The summed E-state index contributed by atoms with van der Waals surface area (Å²) in [5.74, 6) is -0.292. The predicted molar refractivity (Wildman–Crippen MR) is 99.6 cm³/mol. The van der Waals surface area contributed by atoms with Crippen LogP contribution in [0.5, 0.6) is 0 Å². The number of benzene rings is 2. The standard InChI is InChI=1S/C19H15N3O3S/c20-26(24,25)13-8-9-15-14(11-13)18(19(23)22-15)17(16-7-4-10-21-16)12-5-2-1-3-6-12/h1-11,21H,(H,22,23)(H2,20,24,25)/b18-17+. The fraction of sp³-hybridized carbons (Fsp3) is 0. The monoisotopic (exact) mass is 365 g/mol. The molecule has 0 radical (unpaired) electrons. The summed E-state index contributed by atoms with van der Waals surface area (Å²) in [6, 6.07) is 17.5. The van der Waals surface area contributed by atoms with Crippen LogP contribution in [0.3, 0.4) is 0 Å². The molecule has 2 aromatic carbocycles. The van der Waals surface area contributed by atoms with Crippen molar-refractivity contribution >= 4 is 32.8 Å². The molecule has 0 fully saturated rings. The maximum atomic E-state index is 12.7. The number of amides is 1. The summed E-state index contributed by atoms with van der Waals surface area (Å²) in [5, 5.41) is 8.05. The molecule has 0 spiro atoms. The van der Waals surface area contributed by atoms with Crippen molar-refractivity contribution in [3.05, 3.63) is 83.7 Å². The largest absolute Gasteiger partial charge is 0.361 e. The summed E-state index contributed by atoms with van der Waals surface area (Å²) in [7, 11) is -3.88. The number of carbonyl (C=O) groups is 1. The molecule has 7 heteroatoms. The SMILES string of the molecule is NS(=O)(=O)c1ccc2c(c1)/C(=C(/c1ccccc1)c1ccc[nH]1)C(=O)N2. The van der Waals surface area contributed by atoms with Crippen LogP contribution in [-0.4, -0.2) is 19.3 Å². The van der Waals surface area contributed by atoms with Crippen LogP contribution >= 0.6 is 0 Å². The van der Waals surface area contributed by atoms with E-state index in [0.717, 1.165) is 11.3 Å². The van der Waals surface area contributed by atoms with Crippen molar-refractivity contribution in [1.82, 2.24) is 4.98 Å². The van der Waals surface area contributed by atoms with Gasteiger partial charge in [0.05, 0.1) is 10.5 Å². The third-order valence-electron chi connectivity index (χ3n) is 4.24. The summed E-state index contributed by atoms with van der Waals surface area (Å²) in [5.41, 5.74) is 3.76. The van der Waals surface area contributed by atoms with Gasteiger partial charge in [-0.1, -0.05) is 30.3 Å². The molecule has 0 saturated carbocycles. The Labute approximate surface area is 150 Å². The van der Waals surface area contributed by atoms with Gasteiger partial charge in [-0.25, -0.2) is 13.6 Å². The maximum Gasteiger partial charge on any atom is 0.257 e. The van der Waals surface area contributed by atoms with Gasteiger partial charge in [-0.05, 0) is 35.9 Å². The van der Waals surface area contributed by atoms with E-state index in [2.05, 4.69) is 10.3 Å². The molecule has 0 aliphatic carbocycles. The number of aromatic amines is 1. The zero-order chi connectivity index (χ0) is 18.3. The van der Waals surface area contributed by atoms with Gasteiger partial charge in [0.1, 0.15) is 0 Å².